The quantitative estimate of drug-likeness (QED) is 0.732. The van der Waals surface area contributed by atoms with E-state index in [1.807, 2.05) is 0 Å². The van der Waals surface area contributed by atoms with Crippen LogP contribution in [-0.2, 0) is 4.74 Å². The van der Waals surface area contributed by atoms with Crippen LogP contribution in [0.3, 0.4) is 0 Å². The fourth-order valence-electron chi connectivity index (χ4n) is 2.71. The number of hydrogen-bond acceptors (Lipinski definition) is 3. The van der Waals surface area contributed by atoms with Gasteiger partial charge in [0.1, 0.15) is 0 Å². The van der Waals surface area contributed by atoms with Gasteiger partial charge in [0.25, 0.3) is 0 Å². The first-order valence-electron chi connectivity index (χ1n) is 6.02. The average molecular weight is 212 g/mol. The molecule has 15 heavy (non-hydrogen) atoms. The number of ether oxygens (including phenoxy) is 1. The predicted octanol–water partition coefficient (Wildman–Crippen LogP) is 0.999. The maximum Gasteiger partial charge on any atom is 0.0824 e. The molecule has 88 valence electrons. The van der Waals surface area contributed by atoms with Crippen molar-refractivity contribution in [2.75, 3.05) is 26.2 Å². The molecule has 0 spiro atoms. The third-order valence-electron chi connectivity index (χ3n) is 4.57. The zero-order valence-electron chi connectivity index (χ0n) is 10.4. The van der Waals surface area contributed by atoms with Gasteiger partial charge >= 0.3 is 0 Å². The number of morpholine rings is 1. The van der Waals surface area contributed by atoms with Gasteiger partial charge in [-0.15, -0.1) is 0 Å². The maximum atomic E-state index is 5.67. The van der Waals surface area contributed by atoms with Gasteiger partial charge in [0.05, 0.1) is 12.7 Å². The second kappa shape index (κ2) is 3.72. The van der Waals surface area contributed by atoms with Crippen molar-refractivity contribution in [3.63, 3.8) is 0 Å². The van der Waals surface area contributed by atoms with Gasteiger partial charge < -0.3 is 15.4 Å². The predicted molar refractivity (Wildman–Crippen MR) is 62.0 cm³/mol. The normalized spacial score (nSPS) is 34.0. The third-order valence-corrected chi connectivity index (χ3v) is 4.57. The summed E-state index contributed by atoms with van der Waals surface area (Å²) in [5, 5.41) is 7.00. The molecular formula is C12H24N2O. The molecular weight excluding hydrogens is 188 g/mol. The van der Waals surface area contributed by atoms with E-state index in [1.54, 1.807) is 0 Å². The van der Waals surface area contributed by atoms with Crippen molar-refractivity contribution in [1.82, 2.24) is 10.6 Å². The van der Waals surface area contributed by atoms with E-state index in [9.17, 15) is 0 Å². The van der Waals surface area contributed by atoms with E-state index in [1.165, 1.54) is 0 Å². The SMILES string of the molecule is CC1(C)C(NCC2CNCCO2)C1(C)C. The summed E-state index contributed by atoms with van der Waals surface area (Å²) in [5.41, 5.74) is 0.851. The lowest BCUT2D eigenvalue weighted by atomic mass is 10.0. The van der Waals surface area contributed by atoms with Gasteiger partial charge in [-0.3, -0.25) is 0 Å². The standard InChI is InChI=1S/C12H24N2O/c1-11(2)10(12(11,3)4)14-8-9-7-13-5-6-15-9/h9-10,13-14H,5-8H2,1-4H3. The molecule has 0 aromatic carbocycles. The fourth-order valence-corrected chi connectivity index (χ4v) is 2.71. The van der Waals surface area contributed by atoms with Crippen LogP contribution in [0.5, 0.6) is 0 Å². The molecule has 1 unspecified atom stereocenters. The molecule has 2 aliphatic rings. The lowest BCUT2D eigenvalue weighted by molar-refractivity contribution is 0.0283. The molecule has 3 nitrogen and oxygen atoms in total. The Balaban J connectivity index is 1.75. The molecule has 3 heteroatoms. The molecule has 2 rings (SSSR count). The molecule has 0 aromatic heterocycles. The summed E-state index contributed by atoms with van der Waals surface area (Å²) >= 11 is 0. The van der Waals surface area contributed by atoms with E-state index in [0.717, 1.165) is 26.2 Å². The van der Waals surface area contributed by atoms with Crippen molar-refractivity contribution < 1.29 is 4.74 Å². The minimum atomic E-state index is 0.353. The minimum Gasteiger partial charge on any atom is -0.374 e. The van der Waals surface area contributed by atoms with E-state index in [-0.39, 0.29) is 0 Å². The van der Waals surface area contributed by atoms with Crippen LogP contribution in [0.4, 0.5) is 0 Å². The highest BCUT2D eigenvalue weighted by atomic mass is 16.5. The molecule has 1 saturated carbocycles. The number of hydrogen-bond donors (Lipinski definition) is 2. The summed E-state index contributed by atoms with van der Waals surface area (Å²) in [6.07, 6.45) is 0.353. The Kier molecular flexibility index (Phi) is 2.82. The molecule has 2 fully saturated rings. The minimum absolute atomic E-state index is 0.353. The second-order valence-corrected chi connectivity index (χ2v) is 5.98. The molecule has 1 atom stereocenters. The van der Waals surface area contributed by atoms with Crippen LogP contribution in [-0.4, -0.2) is 38.4 Å². The lowest BCUT2D eigenvalue weighted by Crippen LogP contribution is -2.45. The van der Waals surface area contributed by atoms with E-state index in [4.69, 9.17) is 4.74 Å². The third kappa shape index (κ3) is 1.93. The first kappa shape index (κ1) is 11.4. The first-order valence-corrected chi connectivity index (χ1v) is 6.02. The van der Waals surface area contributed by atoms with Crippen molar-refractivity contribution in [3.8, 4) is 0 Å². The molecule has 0 amide bonds. The summed E-state index contributed by atoms with van der Waals surface area (Å²) in [6.45, 7) is 13.2. The van der Waals surface area contributed by atoms with Crippen LogP contribution in [0, 0.1) is 10.8 Å². The highest BCUT2D eigenvalue weighted by Crippen LogP contribution is 2.62. The Morgan fingerprint density at radius 3 is 2.40 bits per heavy atom. The molecule has 0 aromatic rings. The number of rotatable bonds is 3. The summed E-state index contributed by atoms with van der Waals surface area (Å²) < 4.78 is 5.67. The van der Waals surface area contributed by atoms with Crippen LogP contribution in [0.15, 0.2) is 0 Å². The van der Waals surface area contributed by atoms with Gasteiger partial charge in [-0.2, -0.15) is 0 Å². The van der Waals surface area contributed by atoms with Crippen LogP contribution in [0.1, 0.15) is 27.7 Å². The van der Waals surface area contributed by atoms with Gasteiger partial charge in [0, 0.05) is 25.7 Å². The van der Waals surface area contributed by atoms with Crippen molar-refractivity contribution in [1.29, 1.82) is 0 Å². The average Bonchev–Trinajstić information content (AvgIpc) is 2.57. The summed E-state index contributed by atoms with van der Waals surface area (Å²) in [7, 11) is 0. The van der Waals surface area contributed by atoms with Gasteiger partial charge in [0.2, 0.25) is 0 Å². The lowest BCUT2D eigenvalue weighted by Gasteiger charge is -2.24. The Morgan fingerprint density at radius 2 is 1.93 bits per heavy atom. The zero-order valence-corrected chi connectivity index (χ0v) is 10.4. The fraction of sp³-hybridized carbons (Fsp3) is 1.00. The Bertz CT molecular complexity index is 218. The van der Waals surface area contributed by atoms with Crippen LogP contribution in [0.2, 0.25) is 0 Å². The van der Waals surface area contributed by atoms with Crippen molar-refractivity contribution in [3.05, 3.63) is 0 Å². The Morgan fingerprint density at radius 1 is 1.27 bits per heavy atom. The zero-order chi connectivity index (χ0) is 11.1. The molecule has 1 heterocycles. The topological polar surface area (TPSA) is 33.3 Å². The van der Waals surface area contributed by atoms with E-state index >= 15 is 0 Å². The number of nitrogens with one attached hydrogen (secondary N) is 2. The van der Waals surface area contributed by atoms with Crippen LogP contribution >= 0.6 is 0 Å². The van der Waals surface area contributed by atoms with Crippen molar-refractivity contribution in [2.24, 2.45) is 10.8 Å². The van der Waals surface area contributed by atoms with Crippen molar-refractivity contribution >= 4 is 0 Å². The molecule has 2 N–H and O–H groups in total. The van der Waals surface area contributed by atoms with Crippen LogP contribution < -0.4 is 10.6 Å². The molecule has 0 radical (unpaired) electrons. The van der Waals surface area contributed by atoms with Crippen molar-refractivity contribution in [2.45, 2.75) is 39.8 Å². The van der Waals surface area contributed by atoms with Gasteiger partial charge in [-0.1, -0.05) is 27.7 Å². The summed E-state index contributed by atoms with van der Waals surface area (Å²) in [4.78, 5) is 0. The van der Waals surface area contributed by atoms with E-state index < -0.39 is 0 Å². The molecule has 0 bridgehead atoms. The monoisotopic (exact) mass is 212 g/mol. The maximum absolute atomic E-state index is 5.67. The first-order chi connectivity index (χ1) is 6.96. The van der Waals surface area contributed by atoms with Gasteiger partial charge in [-0.05, 0) is 10.8 Å². The molecule has 1 aliphatic heterocycles. The summed E-state index contributed by atoms with van der Waals surface area (Å²) in [6, 6.07) is 0.635. The second-order valence-electron chi connectivity index (χ2n) is 5.98. The smallest absolute Gasteiger partial charge is 0.0824 e. The Hall–Kier alpha value is -0.120. The highest BCUT2D eigenvalue weighted by molar-refractivity contribution is 5.17. The van der Waals surface area contributed by atoms with Crippen LogP contribution in [0.25, 0.3) is 0 Å². The van der Waals surface area contributed by atoms with Gasteiger partial charge in [0.15, 0.2) is 0 Å². The molecule has 1 saturated heterocycles. The largest absolute Gasteiger partial charge is 0.374 e. The van der Waals surface area contributed by atoms with E-state index in [0.29, 0.717) is 23.0 Å². The van der Waals surface area contributed by atoms with Gasteiger partial charge in [-0.25, -0.2) is 0 Å². The highest BCUT2D eigenvalue weighted by Gasteiger charge is 2.64. The van der Waals surface area contributed by atoms with E-state index in [2.05, 4.69) is 38.3 Å². The molecule has 1 aliphatic carbocycles. The Labute approximate surface area is 93.0 Å². The summed E-state index contributed by atoms with van der Waals surface area (Å²) in [5.74, 6) is 0.